The molecule has 27 heavy (non-hydrogen) atoms. The van der Waals surface area contributed by atoms with Crippen molar-refractivity contribution >= 4 is 17.8 Å². The van der Waals surface area contributed by atoms with Crippen molar-refractivity contribution in [3.05, 3.63) is 59.9 Å². The first-order chi connectivity index (χ1) is 12.9. The molecule has 7 heteroatoms. The Morgan fingerprint density at radius 2 is 1.96 bits per heavy atom. The lowest BCUT2D eigenvalue weighted by molar-refractivity contribution is -0.147. The second-order valence-corrected chi connectivity index (χ2v) is 6.00. The van der Waals surface area contributed by atoms with Gasteiger partial charge in [0.25, 0.3) is 0 Å². The molecule has 1 heterocycles. The molecule has 144 valence electrons. The molecule has 0 spiro atoms. The summed E-state index contributed by atoms with van der Waals surface area (Å²) >= 11 is 0. The molecule has 2 rings (SSSR count). The van der Waals surface area contributed by atoms with Crippen LogP contribution in [0.3, 0.4) is 0 Å². The van der Waals surface area contributed by atoms with E-state index in [2.05, 4.69) is 5.32 Å². The van der Waals surface area contributed by atoms with Gasteiger partial charge in [0, 0.05) is 18.9 Å². The van der Waals surface area contributed by atoms with E-state index in [9.17, 15) is 14.7 Å². The molecule has 0 aliphatic heterocycles. The molecule has 1 aromatic carbocycles. The minimum Gasteiger partial charge on any atom is -0.497 e. The molecule has 1 unspecified atom stereocenters. The van der Waals surface area contributed by atoms with E-state index in [1.807, 2.05) is 48.0 Å². The number of aromatic nitrogens is 1. The van der Waals surface area contributed by atoms with Crippen molar-refractivity contribution < 1.29 is 24.2 Å². The van der Waals surface area contributed by atoms with Crippen LogP contribution in [0.2, 0.25) is 0 Å². The minimum absolute atomic E-state index is 0.348. The largest absolute Gasteiger partial charge is 0.497 e. The SMILES string of the molecule is CCC(C)OC(=O)C(=CNc1cccn1Cc1ccc(OC)cc1)C(=O)O. The Balaban J connectivity index is 2.12. The van der Waals surface area contributed by atoms with E-state index in [-0.39, 0.29) is 6.10 Å². The van der Waals surface area contributed by atoms with Gasteiger partial charge in [0.15, 0.2) is 5.57 Å². The number of carbonyl (C=O) groups is 2. The summed E-state index contributed by atoms with van der Waals surface area (Å²) in [5, 5.41) is 12.2. The number of carboxylic acids is 1. The zero-order valence-electron chi connectivity index (χ0n) is 15.6. The van der Waals surface area contributed by atoms with Crippen molar-refractivity contribution in [3.8, 4) is 5.75 Å². The second kappa shape index (κ2) is 9.47. The number of hydrogen-bond donors (Lipinski definition) is 2. The quantitative estimate of drug-likeness (QED) is 0.304. The molecule has 0 aliphatic rings. The molecule has 0 amide bonds. The number of esters is 1. The number of methoxy groups -OCH3 is 1. The van der Waals surface area contributed by atoms with E-state index in [1.165, 1.54) is 0 Å². The Hall–Kier alpha value is -3.22. The summed E-state index contributed by atoms with van der Waals surface area (Å²) < 4.78 is 12.1. The fraction of sp³-hybridized carbons (Fsp3) is 0.300. The summed E-state index contributed by atoms with van der Waals surface area (Å²) in [5.74, 6) is -0.777. The second-order valence-electron chi connectivity index (χ2n) is 6.00. The van der Waals surface area contributed by atoms with Crippen LogP contribution in [0, 0.1) is 0 Å². The van der Waals surface area contributed by atoms with E-state index in [1.54, 1.807) is 20.1 Å². The van der Waals surface area contributed by atoms with Crippen LogP contribution in [0.25, 0.3) is 0 Å². The Morgan fingerprint density at radius 3 is 2.56 bits per heavy atom. The van der Waals surface area contributed by atoms with Gasteiger partial charge in [-0.05, 0) is 43.2 Å². The Morgan fingerprint density at radius 1 is 1.26 bits per heavy atom. The highest BCUT2D eigenvalue weighted by Crippen LogP contribution is 2.16. The van der Waals surface area contributed by atoms with E-state index in [4.69, 9.17) is 9.47 Å². The molecule has 0 fully saturated rings. The molecule has 1 atom stereocenters. The molecule has 2 N–H and O–H groups in total. The third-order valence-corrected chi connectivity index (χ3v) is 4.04. The standard InChI is InChI=1S/C20H24N2O5/c1-4-14(2)27-20(25)17(19(23)24)12-21-18-6-5-11-22(18)13-15-7-9-16(26-3)10-8-15/h5-12,14,21H,4,13H2,1-3H3,(H,23,24). The number of nitrogens with one attached hydrogen (secondary N) is 1. The van der Waals surface area contributed by atoms with Gasteiger partial charge in [-0.1, -0.05) is 19.1 Å². The number of nitrogens with zero attached hydrogens (tertiary/aromatic N) is 1. The van der Waals surface area contributed by atoms with Gasteiger partial charge in [-0.15, -0.1) is 0 Å². The lowest BCUT2D eigenvalue weighted by Gasteiger charge is -2.12. The van der Waals surface area contributed by atoms with Gasteiger partial charge in [-0.2, -0.15) is 0 Å². The summed E-state index contributed by atoms with van der Waals surface area (Å²) in [6.45, 7) is 4.14. The van der Waals surface area contributed by atoms with Gasteiger partial charge in [0.05, 0.1) is 13.2 Å². The maximum absolute atomic E-state index is 12.0. The van der Waals surface area contributed by atoms with E-state index < -0.39 is 17.5 Å². The third-order valence-electron chi connectivity index (χ3n) is 4.04. The molecule has 0 radical (unpaired) electrons. The number of hydrogen-bond acceptors (Lipinski definition) is 5. The number of benzene rings is 1. The van der Waals surface area contributed by atoms with Gasteiger partial charge in [0.2, 0.25) is 0 Å². The van der Waals surface area contributed by atoms with Crippen LogP contribution in [-0.2, 0) is 20.9 Å². The fourth-order valence-corrected chi connectivity index (χ4v) is 2.29. The normalized spacial score (nSPS) is 12.3. The van der Waals surface area contributed by atoms with Crippen molar-refractivity contribution in [1.82, 2.24) is 4.57 Å². The molecule has 0 aliphatic carbocycles. The zero-order chi connectivity index (χ0) is 19.8. The Labute approximate surface area is 158 Å². The summed E-state index contributed by atoms with van der Waals surface area (Å²) in [7, 11) is 1.61. The molecule has 0 saturated carbocycles. The van der Waals surface area contributed by atoms with E-state index >= 15 is 0 Å². The first kappa shape index (κ1) is 20.1. The van der Waals surface area contributed by atoms with Gasteiger partial charge in [0.1, 0.15) is 11.6 Å². The smallest absolute Gasteiger partial charge is 0.347 e. The Kier molecular flexibility index (Phi) is 7.05. The summed E-state index contributed by atoms with van der Waals surface area (Å²) in [4.78, 5) is 23.4. The molecular weight excluding hydrogens is 348 g/mol. The highest BCUT2D eigenvalue weighted by atomic mass is 16.5. The molecule has 7 nitrogen and oxygen atoms in total. The number of ether oxygens (including phenoxy) is 2. The molecule has 2 aromatic rings. The zero-order valence-corrected chi connectivity index (χ0v) is 15.6. The lowest BCUT2D eigenvalue weighted by atomic mass is 10.2. The maximum atomic E-state index is 12.0. The lowest BCUT2D eigenvalue weighted by Crippen LogP contribution is -2.21. The van der Waals surface area contributed by atoms with Crippen molar-refractivity contribution in [3.63, 3.8) is 0 Å². The monoisotopic (exact) mass is 372 g/mol. The van der Waals surface area contributed by atoms with Crippen LogP contribution < -0.4 is 10.1 Å². The van der Waals surface area contributed by atoms with E-state index in [0.29, 0.717) is 18.8 Å². The average molecular weight is 372 g/mol. The predicted molar refractivity (Wildman–Crippen MR) is 102 cm³/mol. The number of anilines is 1. The summed E-state index contributed by atoms with van der Waals surface area (Å²) in [6.07, 6.45) is 3.28. The predicted octanol–water partition coefficient (Wildman–Crippen LogP) is 3.27. The average Bonchev–Trinajstić information content (AvgIpc) is 3.09. The topological polar surface area (TPSA) is 89.8 Å². The first-order valence-electron chi connectivity index (χ1n) is 8.63. The third kappa shape index (κ3) is 5.64. The summed E-state index contributed by atoms with van der Waals surface area (Å²) in [6, 6.07) is 11.3. The minimum atomic E-state index is -1.34. The molecule has 0 saturated heterocycles. The summed E-state index contributed by atoms with van der Waals surface area (Å²) in [5.41, 5.74) is 0.598. The van der Waals surface area contributed by atoms with Crippen LogP contribution in [-0.4, -0.2) is 34.8 Å². The van der Waals surface area contributed by atoms with Crippen molar-refractivity contribution in [2.24, 2.45) is 0 Å². The molecule has 0 bridgehead atoms. The number of rotatable bonds is 9. The van der Waals surface area contributed by atoms with Crippen LogP contribution in [0.1, 0.15) is 25.8 Å². The van der Waals surface area contributed by atoms with Gasteiger partial charge >= 0.3 is 11.9 Å². The number of aliphatic carboxylic acids is 1. The molecular formula is C20H24N2O5. The van der Waals surface area contributed by atoms with Gasteiger partial charge in [-0.25, -0.2) is 9.59 Å². The van der Waals surface area contributed by atoms with Crippen LogP contribution in [0.4, 0.5) is 5.82 Å². The van der Waals surface area contributed by atoms with Crippen molar-refractivity contribution in [2.45, 2.75) is 32.9 Å². The van der Waals surface area contributed by atoms with Crippen LogP contribution in [0.5, 0.6) is 5.75 Å². The van der Waals surface area contributed by atoms with E-state index in [0.717, 1.165) is 17.5 Å². The van der Waals surface area contributed by atoms with Crippen molar-refractivity contribution in [2.75, 3.05) is 12.4 Å². The number of carboxylic acid groups (broad SMARTS) is 1. The molecule has 1 aromatic heterocycles. The highest BCUT2D eigenvalue weighted by molar-refractivity contribution is 6.13. The maximum Gasteiger partial charge on any atom is 0.347 e. The highest BCUT2D eigenvalue weighted by Gasteiger charge is 2.21. The van der Waals surface area contributed by atoms with Crippen LogP contribution >= 0.6 is 0 Å². The Bertz CT molecular complexity index is 808. The van der Waals surface area contributed by atoms with Crippen LogP contribution in [0.15, 0.2) is 54.4 Å². The number of carbonyl (C=O) groups excluding carboxylic acids is 1. The van der Waals surface area contributed by atoms with Crippen molar-refractivity contribution in [1.29, 1.82) is 0 Å². The van der Waals surface area contributed by atoms with Gasteiger partial charge in [-0.3, -0.25) is 0 Å². The first-order valence-corrected chi connectivity index (χ1v) is 8.63. The fourth-order valence-electron chi connectivity index (χ4n) is 2.29. The van der Waals surface area contributed by atoms with Gasteiger partial charge < -0.3 is 24.5 Å².